The van der Waals surface area contributed by atoms with Gasteiger partial charge in [-0.05, 0) is 67.3 Å². The molecule has 0 bridgehead atoms. The Labute approximate surface area is 189 Å². The maximum atomic E-state index is 13.4. The Morgan fingerprint density at radius 3 is 1.91 bits per heavy atom. The molecule has 3 N–H and O–H groups in total. The summed E-state index contributed by atoms with van der Waals surface area (Å²) in [6.45, 7) is 0.940. The first-order valence-corrected chi connectivity index (χ1v) is 9.45. The summed E-state index contributed by atoms with van der Waals surface area (Å²) in [4.78, 5) is 24.4. The van der Waals surface area contributed by atoms with E-state index in [1.807, 2.05) is 6.07 Å². The van der Waals surface area contributed by atoms with E-state index in [-0.39, 0.29) is 5.56 Å². The normalized spacial score (nSPS) is 12.6. The zero-order valence-electron chi connectivity index (χ0n) is 17.6. The van der Waals surface area contributed by atoms with Crippen LogP contribution in [-0.4, -0.2) is 42.2 Å². The third-order valence-electron chi connectivity index (χ3n) is 4.73. The predicted molar refractivity (Wildman–Crippen MR) is 114 cm³/mol. The van der Waals surface area contributed by atoms with Crippen LogP contribution in [0.5, 0.6) is 0 Å². The first-order chi connectivity index (χ1) is 15.7. The molecule has 9 heteroatoms. The summed E-state index contributed by atoms with van der Waals surface area (Å²) in [6, 6.07) is 12.7. The second kappa shape index (κ2) is 11.4. The summed E-state index contributed by atoms with van der Waals surface area (Å²) in [6.07, 6.45) is -3.13. The summed E-state index contributed by atoms with van der Waals surface area (Å²) >= 11 is 0. The number of nitrogens with zero attached hydrogens (tertiary/aromatic N) is 1. The molecule has 0 saturated carbocycles. The Bertz CT molecular complexity index is 1170. The molecular formula is C24H19F2N3O4. The largest absolute Gasteiger partial charge is 0.370 e. The van der Waals surface area contributed by atoms with Crippen LogP contribution in [0.2, 0.25) is 0 Å². The molecule has 2 aromatic carbocycles. The van der Waals surface area contributed by atoms with Crippen molar-refractivity contribution in [2.75, 3.05) is 7.11 Å². The van der Waals surface area contributed by atoms with Gasteiger partial charge < -0.3 is 10.1 Å². The Hall–Kier alpha value is -4.23. The van der Waals surface area contributed by atoms with Crippen molar-refractivity contribution in [1.29, 1.82) is 5.26 Å². The number of carbonyl (C=O) groups excluding carboxylic acids is 2. The van der Waals surface area contributed by atoms with Crippen LogP contribution >= 0.6 is 0 Å². The van der Waals surface area contributed by atoms with Crippen molar-refractivity contribution in [2.45, 2.75) is 25.0 Å². The minimum atomic E-state index is -3.13. The van der Waals surface area contributed by atoms with Gasteiger partial charge >= 0.3 is 0 Å². The Morgan fingerprint density at radius 2 is 1.48 bits per heavy atom. The van der Waals surface area contributed by atoms with E-state index in [2.05, 4.69) is 29.0 Å². The average molecular weight is 451 g/mol. The number of ether oxygens (including phenoxy) is 1. The molecular weight excluding hydrogens is 432 g/mol. The number of hydrogen-bond donors (Lipinski definition) is 3. The number of carbonyl (C=O) groups is 2. The molecule has 0 aromatic heterocycles. The molecule has 0 aliphatic carbocycles. The minimum Gasteiger partial charge on any atom is -0.370 e. The van der Waals surface area contributed by atoms with E-state index < -0.39 is 29.9 Å². The van der Waals surface area contributed by atoms with Crippen LogP contribution in [-0.2, 0) is 9.53 Å². The molecule has 2 rings (SSSR count). The van der Waals surface area contributed by atoms with Crippen molar-refractivity contribution in [3.8, 4) is 29.8 Å². The lowest BCUT2D eigenvalue weighted by molar-refractivity contribution is -0.157. The second-order valence-electron chi connectivity index (χ2n) is 6.84. The maximum Gasteiger partial charge on any atom is 0.269 e. The van der Waals surface area contributed by atoms with Crippen molar-refractivity contribution in [1.82, 2.24) is 10.8 Å². The van der Waals surface area contributed by atoms with Crippen LogP contribution < -0.4 is 10.8 Å². The Kier molecular flexibility index (Phi) is 8.65. The summed E-state index contributed by atoms with van der Waals surface area (Å²) in [7, 11) is 0.966. The number of hydrogen-bond acceptors (Lipinski definition) is 5. The molecule has 7 nitrogen and oxygen atoms in total. The third kappa shape index (κ3) is 6.38. The quantitative estimate of drug-likeness (QED) is 0.354. The number of nitriles is 1. The number of amides is 2. The van der Waals surface area contributed by atoms with Crippen molar-refractivity contribution in [2.24, 2.45) is 0 Å². The highest BCUT2D eigenvalue weighted by Gasteiger charge is 2.48. The number of alkyl halides is 2. The highest BCUT2D eigenvalue weighted by molar-refractivity contribution is 5.97. The van der Waals surface area contributed by atoms with Gasteiger partial charge in [-0.2, -0.15) is 5.26 Å². The van der Waals surface area contributed by atoms with Crippen molar-refractivity contribution < 1.29 is 28.3 Å². The number of benzene rings is 2. The molecule has 0 fully saturated rings. The van der Waals surface area contributed by atoms with E-state index in [0.717, 1.165) is 14.0 Å². The van der Waals surface area contributed by atoms with E-state index in [1.165, 1.54) is 29.7 Å². The van der Waals surface area contributed by atoms with Crippen molar-refractivity contribution >= 4 is 11.8 Å². The van der Waals surface area contributed by atoms with Crippen LogP contribution in [0.25, 0.3) is 0 Å². The lowest BCUT2D eigenvalue weighted by atomic mass is 9.95. The van der Waals surface area contributed by atoms with Gasteiger partial charge in [0.1, 0.15) is 6.04 Å². The molecule has 0 heterocycles. The molecule has 2 amide bonds. The summed E-state index contributed by atoms with van der Waals surface area (Å²) in [5.41, 5.74) is 0.730. The van der Waals surface area contributed by atoms with Crippen molar-refractivity contribution in [3.05, 3.63) is 70.8 Å². The van der Waals surface area contributed by atoms with Gasteiger partial charge in [0.15, 0.2) is 5.60 Å². The van der Waals surface area contributed by atoms with Gasteiger partial charge in [0.2, 0.25) is 0 Å². The second-order valence-corrected chi connectivity index (χ2v) is 6.84. The summed E-state index contributed by atoms with van der Waals surface area (Å²) in [5.74, 6) is 8.89. The summed E-state index contributed by atoms with van der Waals surface area (Å²) < 4.78 is 31.7. The Balaban J connectivity index is 2.12. The number of hydroxylamine groups is 1. The molecule has 0 radical (unpaired) electrons. The fourth-order valence-electron chi connectivity index (χ4n) is 2.62. The fraction of sp³-hybridized carbons (Fsp3) is 0.208. The lowest BCUT2D eigenvalue weighted by Crippen LogP contribution is -2.62. The molecule has 2 atom stereocenters. The number of rotatable bonds is 6. The summed E-state index contributed by atoms with van der Waals surface area (Å²) in [5, 5.41) is 19.8. The van der Waals surface area contributed by atoms with Gasteiger partial charge in [-0.1, -0.05) is 11.8 Å². The van der Waals surface area contributed by atoms with Gasteiger partial charge in [-0.25, -0.2) is 14.3 Å². The highest BCUT2D eigenvalue weighted by Crippen LogP contribution is 2.24. The molecule has 0 aliphatic heterocycles. The lowest BCUT2D eigenvalue weighted by Gasteiger charge is -2.34. The first kappa shape index (κ1) is 25.0. The predicted octanol–water partition coefficient (Wildman–Crippen LogP) is 2.24. The average Bonchev–Trinajstić information content (AvgIpc) is 2.84. The van der Waals surface area contributed by atoms with E-state index in [0.29, 0.717) is 16.7 Å². The monoisotopic (exact) mass is 451 g/mol. The molecule has 0 spiro atoms. The Morgan fingerprint density at radius 1 is 1.00 bits per heavy atom. The van der Waals surface area contributed by atoms with E-state index >= 15 is 0 Å². The molecule has 0 aliphatic rings. The van der Waals surface area contributed by atoms with Crippen LogP contribution in [0.4, 0.5) is 8.78 Å². The standard InChI is InChI=1S/C24H19F2N3O4/c1-24(33-2,23(25)26)20(22(31)29-32)28-21(30)19-13-11-17(12-14-19)6-4-3-5-16-7-9-18(15-27)10-8-16/h7-14,20,23,32H,1-2H3,(H,28,30)(H,29,31)/t20-,24?/m1/s1. The van der Waals surface area contributed by atoms with Crippen LogP contribution in [0, 0.1) is 35.0 Å². The third-order valence-corrected chi connectivity index (χ3v) is 4.73. The van der Waals surface area contributed by atoms with Gasteiger partial charge in [-0.3, -0.25) is 14.8 Å². The van der Waals surface area contributed by atoms with Gasteiger partial charge in [-0.15, -0.1) is 0 Å². The van der Waals surface area contributed by atoms with Gasteiger partial charge in [0.25, 0.3) is 18.2 Å². The first-order valence-electron chi connectivity index (χ1n) is 9.45. The van der Waals surface area contributed by atoms with Crippen LogP contribution in [0.15, 0.2) is 48.5 Å². The van der Waals surface area contributed by atoms with E-state index in [4.69, 9.17) is 15.2 Å². The molecule has 0 saturated heterocycles. The molecule has 1 unspecified atom stereocenters. The van der Waals surface area contributed by atoms with Crippen molar-refractivity contribution in [3.63, 3.8) is 0 Å². The molecule has 2 aromatic rings. The van der Waals surface area contributed by atoms with E-state index in [9.17, 15) is 18.4 Å². The topological polar surface area (TPSA) is 111 Å². The number of methoxy groups -OCH3 is 1. The van der Waals surface area contributed by atoms with Crippen LogP contribution in [0.1, 0.15) is 34.0 Å². The number of halogens is 2. The zero-order chi connectivity index (χ0) is 24.4. The van der Waals surface area contributed by atoms with Gasteiger partial charge in [0, 0.05) is 23.8 Å². The highest BCUT2D eigenvalue weighted by atomic mass is 19.3. The SMILES string of the molecule is COC(C)(C(F)F)[C@H](NC(=O)c1ccc(C#CC#Cc2ccc(C#N)cc2)cc1)C(=O)NO. The van der Waals surface area contributed by atoms with E-state index in [1.54, 1.807) is 24.3 Å². The minimum absolute atomic E-state index is 0.0766. The van der Waals surface area contributed by atoms with Gasteiger partial charge in [0.05, 0.1) is 11.6 Å². The number of nitrogens with one attached hydrogen (secondary N) is 2. The fourth-order valence-corrected chi connectivity index (χ4v) is 2.62. The smallest absolute Gasteiger partial charge is 0.269 e. The molecule has 168 valence electrons. The van der Waals surface area contributed by atoms with Crippen LogP contribution in [0.3, 0.4) is 0 Å². The zero-order valence-corrected chi connectivity index (χ0v) is 17.6. The maximum absolute atomic E-state index is 13.4. The molecule has 33 heavy (non-hydrogen) atoms.